The molecule has 0 saturated carbocycles. The fourth-order valence-electron chi connectivity index (χ4n) is 4.55. The lowest BCUT2D eigenvalue weighted by Gasteiger charge is -2.23. The number of hydrogen-bond donors (Lipinski definition) is 1. The molecule has 3 aromatic rings. The van der Waals surface area contributed by atoms with Gasteiger partial charge in [-0.05, 0) is 68.5 Å². The number of aryl methyl sites for hydroxylation is 2. The van der Waals surface area contributed by atoms with Gasteiger partial charge in [-0.25, -0.2) is 9.78 Å². The minimum absolute atomic E-state index is 0.0496. The summed E-state index contributed by atoms with van der Waals surface area (Å²) in [4.78, 5) is 45.4. The van der Waals surface area contributed by atoms with Crippen LogP contribution in [0.3, 0.4) is 0 Å². The van der Waals surface area contributed by atoms with Crippen molar-refractivity contribution in [1.29, 1.82) is 0 Å². The number of carbonyl (C=O) groups is 3. The number of ether oxygens (including phenoxy) is 2. The number of Topliss-reactive ketones (excluding diaryl/α,β-unsaturated/α-hetero) is 1. The van der Waals surface area contributed by atoms with Gasteiger partial charge in [0.15, 0.2) is 5.13 Å². The highest BCUT2D eigenvalue weighted by atomic mass is 32.1. The van der Waals surface area contributed by atoms with E-state index in [0.29, 0.717) is 29.2 Å². The highest BCUT2D eigenvalue weighted by Gasteiger charge is 2.48. The Morgan fingerprint density at radius 2 is 1.77 bits per heavy atom. The standard InChI is InChI=1S/C30H32N2O6S/c1-7-37-22-14-13-21(15-17(22)5)25(33)23-24(20-11-9-19(10-12-20)16(3)4)32(28(35)26(23)34)30-31-18(6)27(39-30)29(36)38-8-2/h9-16,24,33H,7-8H2,1-6H3/t24-/m1/s1. The van der Waals surface area contributed by atoms with Crippen LogP contribution in [0.2, 0.25) is 0 Å². The number of aliphatic hydroxyl groups is 1. The minimum Gasteiger partial charge on any atom is -0.507 e. The highest BCUT2D eigenvalue weighted by Crippen LogP contribution is 2.44. The molecule has 0 spiro atoms. The van der Waals surface area contributed by atoms with Crippen LogP contribution < -0.4 is 9.64 Å². The van der Waals surface area contributed by atoms with Crippen molar-refractivity contribution in [3.8, 4) is 5.75 Å². The van der Waals surface area contributed by atoms with E-state index in [1.807, 2.05) is 38.1 Å². The van der Waals surface area contributed by atoms with Crippen molar-refractivity contribution in [3.05, 3.63) is 80.9 Å². The van der Waals surface area contributed by atoms with Gasteiger partial charge in [0.05, 0.1) is 30.5 Å². The summed E-state index contributed by atoms with van der Waals surface area (Å²) in [5.74, 6) is -1.55. The van der Waals surface area contributed by atoms with Gasteiger partial charge in [-0.3, -0.25) is 14.5 Å². The molecule has 1 aromatic heterocycles. The summed E-state index contributed by atoms with van der Waals surface area (Å²) in [6.07, 6.45) is 0. The number of hydrogen-bond acceptors (Lipinski definition) is 8. The largest absolute Gasteiger partial charge is 0.507 e. The molecule has 1 atom stereocenters. The van der Waals surface area contributed by atoms with Crippen LogP contribution in [0, 0.1) is 13.8 Å². The lowest BCUT2D eigenvalue weighted by Crippen LogP contribution is -2.29. The van der Waals surface area contributed by atoms with Crippen LogP contribution in [-0.4, -0.2) is 41.0 Å². The molecule has 0 radical (unpaired) electrons. The monoisotopic (exact) mass is 548 g/mol. The normalized spacial score (nSPS) is 16.7. The Hall–Kier alpha value is -3.98. The van der Waals surface area contributed by atoms with Crippen molar-refractivity contribution in [2.24, 2.45) is 0 Å². The fourth-order valence-corrected chi connectivity index (χ4v) is 5.54. The van der Waals surface area contributed by atoms with Gasteiger partial charge in [-0.2, -0.15) is 0 Å². The van der Waals surface area contributed by atoms with Crippen molar-refractivity contribution >= 4 is 39.9 Å². The maximum absolute atomic E-state index is 13.5. The average molecular weight is 549 g/mol. The number of benzene rings is 2. The number of aromatic nitrogens is 1. The van der Waals surface area contributed by atoms with Crippen LogP contribution in [0.15, 0.2) is 48.0 Å². The molecule has 1 aliphatic heterocycles. The third-order valence-corrected chi connectivity index (χ3v) is 7.70. The van der Waals surface area contributed by atoms with Crippen molar-refractivity contribution in [1.82, 2.24) is 4.98 Å². The molecule has 1 amide bonds. The third kappa shape index (κ3) is 5.31. The highest BCUT2D eigenvalue weighted by molar-refractivity contribution is 7.17. The van der Waals surface area contributed by atoms with Crippen LogP contribution in [-0.2, 0) is 14.3 Å². The molecule has 1 saturated heterocycles. The van der Waals surface area contributed by atoms with Gasteiger partial charge in [-0.1, -0.05) is 49.4 Å². The molecule has 0 unspecified atom stereocenters. The number of esters is 1. The van der Waals surface area contributed by atoms with Crippen molar-refractivity contribution in [2.75, 3.05) is 18.1 Å². The van der Waals surface area contributed by atoms with E-state index in [9.17, 15) is 19.5 Å². The maximum atomic E-state index is 13.5. The summed E-state index contributed by atoms with van der Waals surface area (Å²) in [7, 11) is 0. The molecule has 1 fully saturated rings. The number of aliphatic hydroxyl groups excluding tert-OH is 1. The Morgan fingerprint density at radius 3 is 2.36 bits per heavy atom. The first-order chi connectivity index (χ1) is 18.6. The molecule has 8 nitrogen and oxygen atoms in total. The lowest BCUT2D eigenvalue weighted by atomic mass is 9.93. The van der Waals surface area contributed by atoms with E-state index in [-0.39, 0.29) is 33.9 Å². The van der Waals surface area contributed by atoms with E-state index in [1.54, 1.807) is 32.0 Å². The Morgan fingerprint density at radius 1 is 1.08 bits per heavy atom. The molecule has 39 heavy (non-hydrogen) atoms. The van der Waals surface area contributed by atoms with Gasteiger partial charge in [0.25, 0.3) is 5.78 Å². The smallest absolute Gasteiger partial charge is 0.350 e. The van der Waals surface area contributed by atoms with Crippen LogP contribution in [0.1, 0.15) is 77.3 Å². The molecular formula is C30H32N2O6S. The van der Waals surface area contributed by atoms with Crippen LogP contribution in [0.4, 0.5) is 5.13 Å². The second kappa shape index (κ2) is 11.4. The Balaban J connectivity index is 1.90. The molecule has 0 bridgehead atoms. The Kier molecular flexibility index (Phi) is 8.20. The quantitative estimate of drug-likeness (QED) is 0.157. The summed E-state index contributed by atoms with van der Waals surface area (Å²) in [5, 5.41) is 11.6. The third-order valence-electron chi connectivity index (χ3n) is 6.56. The van der Waals surface area contributed by atoms with Gasteiger partial charge in [-0.15, -0.1) is 0 Å². The zero-order chi connectivity index (χ0) is 28.4. The van der Waals surface area contributed by atoms with E-state index in [0.717, 1.165) is 22.5 Å². The second-order valence-corrected chi connectivity index (χ2v) is 10.5. The van der Waals surface area contributed by atoms with Gasteiger partial charge < -0.3 is 14.6 Å². The number of rotatable bonds is 8. The molecule has 1 aliphatic rings. The van der Waals surface area contributed by atoms with Gasteiger partial charge in [0.2, 0.25) is 0 Å². The zero-order valence-electron chi connectivity index (χ0n) is 22.9. The molecule has 4 rings (SSSR count). The van der Waals surface area contributed by atoms with E-state index in [2.05, 4.69) is 18.8 Å². The minimum atomic E-state index is -0.946. The van der Waals surface area contributed by atoms with Crippen LogP contribution in [0.25, 0.3) is 5.76 Å². The van der Waals surface area contributed by atoms with Crippen molar-refractivity contribution < 1.29 is 29.0 Å². The lowest BCUT2D eigenvalue weighted by molar-refractivity contribution is -0.132. The molecule has 1 N–H and O–H groups in total. The number of nitrogens with zero attached hydrogens (tertiary/aromatic N) is 2. The molecule has 204 valence electrons. The summed E-state index contributed by atoms with van der Waals surface area (Å²) in [6.45, 7) is 11.9. The maximum Gasteiger partial charge on any atom is 0.350 e. The predicted molar refractivity (Wildman–Crippen MR) is 150 cm³/mol. The van der Waals surface area contributed by atoms with Gasteiger partial charge >= 0.3 is 11.9 Å². The Bertz CT molecular complexity index is 1450. The summed E-state index contributed by atoms with van der Waals surface area (Å²) < 4.78 is 10.7. The van der Waals surface area contributed by atoms with Crippen molar-refractivity contribution in [3.63, 3.8) is 0 Å². The SMILES string of the molecule is CCOC(=O)c1sc(N2C(=O)C(=O)C(=C(O)c3ccc(OCC)c(C)c3)[C@H]2c2ccc(C(C)C)cc2)nc1C. The first kappa shape index (κ1) is 28.0. The first-order valence-corrected chi connectivity index (χ1v) is 13.7. The number of anilines is 1. The van der Waals surface area contributed by atoms with Gasteiger partial charge in [0.1, 0.15) is 16.4 Å². The molecule has 2 aromatic carbocycles. The van der Waals surface area contributed by atoms with E-state index < -0.39 is 23.7 Å². The summed E-state index contributed by atoms with van der Waals surface area (Å²) in [6, 6.07) is 11.7. The second-order valence-electron chi connectivity index (χ2n) is 9.54. The number of ketones is 1. The number of carbonyl (C=O) groups excluding carboxylic acids is 3. The molecule has 2 heterocycles. The first-order valence-electron chi connectivity index (χ1n) is 12.9. The van der Waals surface area contributed by atoms with E-state index >= 15 is 0 Å². The molecule has 0 aliphatic carbocycles. The van der Waals surface area contributed by atoms with E-state index in [1.165, 1.54) is 4.90 Å². The Labute approximate surface area is 231 Å². The molecule has 9 heteroatoms. The summed E-state index contributed by atoms with van der Waals surface area (Å²) in [5.41, 5.74) is 3.24. The predicted octanol–water partition coefficient (Wildman–Crippen LogP) is 6.09. The number of thiazole rings is 1. The topological polar surface area (TPSA) is 106 Å². The van der Waals surface area contributed by atoms with Crippen LogP contribution in [0.5, 0.6) is 5.75 Å². The number of amides is 1. The molecular weight excluding hydrogens is 516 g/mol. The van der Waals surface area contributed by atoms with Crippen LogP contribution >= 0.6 is 11.3 Å². The zero-order valence-corrected chi connectivity index (χ0v) is 23.7. The van der Waals surface area contributed by atoms with Crippen molar-refractivity contribution in [2.45, 2.75) is 53.5 Å². The van der Waals surface area contributed by atoms with Gasteiger partial charge in [0, 0.05) is 5.56 Å². The fraction of sp³-hybridized carbons (Fsp3) is 0.333. The average Bonchev–Trinajstić information content (AvgIpc) is 3.41. The van der Waals surface area contributed by atoms with E-state index in [4.69, 9.17) is 9.47 Å². The summed E-state index contributed by atoms with van der Waals surface area (Å²) >= 11 is 0.983.